The molecule has 0 fully saturated rings. The van der Waals surface area contributed by atoms with E-state index >= 15 is 0 Å². The summed E-state index contributed by atoms with van der Waals surface area (Å²) in [6.45, 7) is 7.13. The Morgan fingerprint density at radius 1 is 1.62 bits per heavy atom. The molecule has 1 atom stereocenters. The summed E-state index contributed by atoms with van der Waals surface area (Å²) in [4.78, 5) is 11.8. The number of aromatic nitrogens is 2. The number of hydrogen-bond donors (Lipinski definition) is 1. The van der Waals surface area contributed by atoms with Gasteiger partial charge in [0.2, 0.25) is 0 Å². The Balaban J connectivity index is 2.32. The molecule has 1 unspecified atom stereocenters. The second kappa shape index (κ2) is 5.72. The molecule has 4 nitrogen and oxygen atoms in total. The van der Waals surface area contributed by atoms with Crippen LogP contribution in [0.2, 0.25) is 0 Å². The van der Waals surface area contributed by atoms with Crippen LogP contribution in [-0.4, -0.2) is 26.9 Å². The Morgan fingerprint density at radius 2 is 2.31 bits per heavy atom. The molecule has 0 saturated carbocycles. The molecular formula is C10H16BrN3OS. The van der Waals surface area contributed by atoms with Crippen LogP contribution < -0.4 is 5.32 Å². The third-order valence-corrected chi connectivity index (χ3v) is 3.06. The summed E-state index contributed by atoms with van der Waals surface area (Å²) in [6, 6.07) is 0. The fourth-order valence-corrected chi connectivity index (χ4v) is 2.86. The quantitative estimate of drug-likeness (QED) is 0.869. The first-order chi connectivity index (χ1) is 7.38. The van der Waals surface area contributed by atoms with Crippen LogP contribution in [-0.2, 0) is 0 Å². The SMILES string of the molecule is CC(C)(C)CC(Br)CNC(=O)c1csnn1. The first kappa shape index (κ1) is 13.6. The number of amides is 1. The minimum Gasteiger partial charge on any atom is -0.349 e. The highest BCUT2D eigenvalue weighted by Gasteiger charge is 2.17. The van der Waals surface area contributed by atoms with E-state index in [1.807, 2.05) is 0 Å². The molecule has 1 rings (SSSR count). The van der Waals surface area contributed by atoms with Gasteiger partial charge in [-0.2, -0.15) is 0 Å². The van der Waals surface area contributed by atoms with Crippen molar-refractivity contribution in [2.75, 3.05) is 6.54 Å². The second-order valence-corrected chi connectivity index (χ2v) is 6.77. The minimum atomic E-state index is -0.160. The fraction of sp³-hybridized carbons (Fsp3) is 0.700. The number of halogens is 1. The van der Waals surface area contributed by atoms with Crippen LogP contribution in [0.15, 0.2) is 5.38 Å². The monoisotopic (exact) mass is 305 g/mol. The van der Waals surface area contributed by atoms with Gasteiger partial charge in [-0.1, -0.05) is 41.2 Å². The number of rotatable bonds is 4. The zero-order valence-corrected chi connectivity index (χ0v) is 12.1. The van der Waals surface area contributed by atoms with Gasteiger partial charge in [0, 0.05) is 16.8 Å². The molecule has 0 aliphatic heterocycles. The maximum Gasteiger partial charge on any atom is 0.272 e. The number of alkyl halides is 1. The molecule has 0 aliphatic carbocycles. The van der Waals surface area contributed by atoms with E-state index in [4.69, 9.17) is 0 Å². The number of nitrogens with zero attached hydrogens (tertiary/aromatic N) is 2. The third kappa shape index (κ3) is 5.03. The number of carbonyl (C=O) groups is 1. The van der Waals surface area contributed by atoms with Crippen molar-refractivity contribution in [2.45, 2.75) is 32.0 Å². The molecule has 1 aromatic heterocycles. The number of hydrogen-bond acceptors (Lipinski definition) is 4. The van der Waals surface area contributed by atoms with E-state index in [-0.39, 0.29) is 16.1 Å². The lowest BCUT2D eigenvalue weighted by molar-refractivity contribution is 0.0947. The Hall–Kier alpha value is -0.490. The van der Waals surface area contributed by atoms with Crippen molar-refractivity contribution in [3.8, 4) is 0 Å². The van der Waals surface area contributed by atoms with Crippen LogP contribution in [0.3, 0.4) is 0 Å². The Bertz CT molecular complexity index is 334. The van der Waals surface area contributed by atoms with Crippen molar-refractivity contribution < 1.29 is 4.79 Å². The van der Waals surface area contributed by atoms with E-state index in [9.17, 15) is 4.79 Å². The summed E-state index contributed by atoms with van der Waals surface area (Å²) in [5.41, 5.74) is 0.640. The van der Waals surface area contributed by atoms with Crippen LogP contribution in [0.4, 0.5) is 0 Å². The third-order valence-electron chi connectivity index (χ3n) is 1.91. The van der Waals surface area contributed by atoms with Gasteiger partial charge in [0.25, 0.3) is 5.91 Å². The van der Waals surface area contributed by atoms with Crippen LogP contribution in [0, 0.1) is 5.41 Å². The summed E-state index contributed by atoms with van der Waals surface area (Å²) in [6.07, 6.45) is 1.00. The predicted molar refractivity (Wildman–Crippen MR) is 69.0 cm³/mol. The van der Waals surface area contributed by atoms with Gasteiger partial charge in [-0.25, -0.2) is 0 Å². The average molecular weight is 306 g/mol. The predicted octanol–water partition coefficient (Wildman–Crippen LogP) is 2.47. The van der Waals surface area contributed by atoms with E-state index in [0.29, 0.717) is 12.2 Å². The van der Waals surface area contributed by atoms with Gasteiger partial charge < -0.3 is 5.32 Å². The van der Waals surface area contributed by atoms with Gasteiger partial charge in [0.15, 0.2) is 5.69 Å². The normalized spacial score (nSPS) is 13.5. The van der Waals surface area contributed by atoms with Crippen molar-refractivity contribution in [3.05, 3.63) is 11.1 Å². The van der Waals surface area contributed by atoms with Crippen LogP contribution in [0.1, 0.15) is 37.7 Å². The maximum atomic E-state index is 11.5. The van der Waals surface area contributed by atoms with E-state index in [1.165, 1.54) is 11.5 Å². The lowest BCUT2D eigenvalue weighted by atomic mass is 9.90. The Labute approximate surface area is 108 Å². The molecule has 90 valence electrons. The smallest absolute Gasteiger partial charge is 0.272 e. The number of nitrogens with one attached hydrogen (secondary N) is 1. The molecule has 16 heavy (non-hydrogen) atoms. The first-order valence-corrected chi connectivity index (χ1v) is 6.83. The minimum absolute atomic E-state index is 0.160. The topological polar surface area (TPSA) is 54.9 Å². The summed E-state index contributed by atoms with van der Waals surface area (Å²) >= 11 is 4.74. The highest BCUT2D eigenvalue weighted by Crippen LogP contribution is 2.24. The van der Waals surface area contributed by atoms with Crippen LogP contribution in [0.25, 0.3) is 0 Å². The van der Waals surface area contributed by atoms with Gasteiger partial charge in [-0.3, -0.25) is 4.79 Å². The summed E-state index contributed by atoms with van der Waals surface area (Å²) < 4.78 is 3.65. The maximum absolute atomic E-state index is 11.5. The largest absolute Gasteiger partial charge is 0.349 e. The fourth-order valence-electron chi connectivity index (χ4n) is 1.29. The zero-order valence-electron chi connectivity index (χ0n) is 9.66. The molecule has 6 heteroatoms. The lowest BCUT2D eigenvalue weighted by Crippen LogP contribution is -2.31. The van der Waals surface area contributed by atoms with Crippen molar-refractivity contribution in [2.24, 2.45) is 5.41 Å². The molecule has 0 aromatic carbocycles. The van der Waals surface area contributed by atoms with Gasteiger partial charge >= 0.3 is 0 Å². The molecule has 0 bridgehead atoms. The first-order valence-electron chi connectivity index (χ1n) is 5.08. The highest BCUT2D eigenvalue weighted by molar-refractivity contribution is 9.09. The standard InChI is InChI=1S/C10H16BrN3OS/c1-10(2,3)4-7(11)5-12-9(15)8-6-16-14-13-8/h6-7H,4-5H2,1-3H3,(H,12,15). The van der Waals surface area contributed by atoms with Crippen LogP contribution >= 0.6 is 27.5 Å². The molecule has 0 radical (unpaired) electrons. The van der Waals surface area contributed by atoms with Gasteiger partial charge in [-0.15, -0.1) is 5.10 Å². The molecule has 1 N–H and O–H groups in total. The molecule has 0 spiro atoms. The van der Waals surface area contributed by atoms with Gasteiger partial charge in [-0.05, 0) is 23.4 Å². The average Bonchev–Trinajstić information content (AvgIpc) is 2.64. The molecule has 1 amide bonds. The molecule has 0 aliphatic rings. The Morgan fingerprint density at radius 3 is 2.81 bits per heavy atom. The number of carbonyl (C=O) groups excluding carboxylic acids is 1. The summed E-state index contributed by atoms with van der Waals surface area (Å²) in [5, 5.41) is 8.18. The lowest BCUT2D eigenvalue weighted by Gasteiger charge is -2.22. The van der Waals surface area contributed by atoms with E-state index in [2.05, 4.69) is 51.6 Å². The molecule has 0 saturated heterocycles. The Kier molecular flexibility index (Phi) is 4.86. The second-order valence-electron chi connectivity index (χ2n) is 4.86. The summed E-state index contributed by atoms with van der Waals surface area (Å²) in [7, 11) is 0. The van der Waals surface area contributed by atoms with Crippen molar-refractivity contribution >= 4 is 33.4 Å². The van der Waals surface area contributed by atoms with Crippen molar-refractivity contribution in [3.63, 3.8) is 0 Å². The highest BCUT2D eigenvalue weighted by atomic mass is 79.9. The van der Waals surface area contributed by atoms with Gasteiger partial charge in [0.1, 0.15) is 0 Å². The van der Waals surface area contributed by atoms with Crippen LogP contribution in [0.5, 0.6) is 0 Å². The van der Waals surface area contributed by atoms with E-state index in [1.54, 1.807) is 5.38 Å². The van der Waals surface area contributed by atoms with Crippen molar-refractivity contribution in [1.29, 1.82) is 0 Å². The van der Waals surface area contributed by atoms with E-state index < -0.39 is 0 Å². The van der Waals surface area contributed by atoms with Crippen molar-refractivity contribution in [1.82, 2.24) is 14.9 Å². The van der Waals surface area contributed by atoms with Gasteiger partial charge in [0.05, 0.1) is 0 Å². The summed E-state index contributed by atoms with van der Waals surface area (Å²) in [5.74, 6) is -0.160. The van der Waals surface area contributed by atoms with E-state index in [0.717, 1.165) is 6.42 Å². The molecule has 1 aromatic rings. The molecular weight excluding hydrogens is 290 g/mol. The molecule has 1 heterocycles. The zero-order chi connectivity index (χ0) is 12.2.